The second-order valence-electron chi connectivity index (χ2n) is 3.79. The van der Waals surface area contributed by atoms with Gasteiger partial charge in [-0.25, -0.2) is 0 Å². The largest absolute Gasteiger partial charge is 0.358 e. The van der Waals surface area contributed by atoms with Crippen molar-refractivity contribution in [2.45, 2.75) is 4.90 Å². The van der Waals surface area contributed by atoms with Gasteiger partial charge in [-0.05, 0) is 18.2 Å². The number of carbonyl (C=O) groups is 3. The molecule has 0 saturated heterocycles. The lowest BCUT2D eigenvalue weighted by Crippen LogP contribution is -2.42. The monoisotopic (exact) mass is 264 g/mol. The lowest BCUT2D eigenvalue weighted by Gasteiger charge is -2.28. The summed E-state index contributed by atoms with van der Waals surface area (Å²) in [6.45, 7) is 0.00330. The molecule has 2 rings (SSSR count). The molecule has 0 spiro atoms. The number of nitrogens with one attached hydrogen (secondary N) is 1. The van der Waals surface area contributed by atoms with Crippen molar-refractivity contribution < 1.29 is 14.4 Å². The van der Waals surface area contributed by atoms with Crippen LogP contribution in [0.5, 0.6) is 0 Å². The van der Waals surface area contributed by atoms with Crippen molar-refractivity contribution in [1.82, 2.24) is 5.32 Å². The SMILES string of the molecule is CNC(=O)CN1C(=O)CSc2cc(C=O)ccc21. The fraction of sp³-hybridized carbons (Fsp3) is 0.250. The van der Waals surface area contributed by atoms with Gasteiger partial charge in [-0.2, -0.15) is 0 Å². The molecule has 0 bridgehead atoms. The van der Waals surface area contributed by atoms with Crippen LogP contribution in [-0.2, 0) is 9.59 Å². The summed E-state index contributed by atoms with van der Waals surface area (Å²) in [7, 11) is 1.53. The molecular weight excluding hydrogens is 252 g/mol. The van der Waals surface area contributed by atoms with Crippen molar-refractivity contribution in [3.8, 4) is 0 Å². The van der Waals surface area contributed by atoms with E-state index in [0.717, 1.165) is 11.2 Å². The number of rotatable bonds is 3. The minimum absolute atomic E-state index is 0.00330. The van der Waals surface area contributed by atoms with Gasteiger partial charge in [0, 0.05) is 17.5 Å². The molecule has 94 valence electrons. The maximum Gasteiger partial charge on any atom is 0.239 e. The molecule has 0 aromatic heterocycles. The van der Waals surface area contributed by atoms with Crippen LogP contribution in [0.1, 0.15) is 10.4 Å². The smallest absolute Gasteiger partial charge is 0.239 e. The van der Waals surface area contributed by atoms with Crippen molar-refractivity contribution in [2.24, 2.45) is 0 Å². The van der Waals surface area contributed by atoms with Gasteiger partial charge in [0.15, 0.2) is 0 Å². The van der Waals surface area contributed by atoms with Gasteiger partial charge in [0.25, 0.3) is 0 Å². The van der Waals surface area contributed by atoms with Gasteiger partial charge < -0.3 is 10.2 Å². The van der Waals surface area contributed by atoms with Crippen LogP contribution in [0.15, 0.2) is 23.1 Å². The highest BCUT2D eigenvalue weighted by Gasteiger charge is 2.26. The van der Waals surface area contributed by atoms with Crippen LogP contribution >= 0.6 is 11.8 Å². The zero-order chi connectivity index (χ0) is 13.1. The number of carbonyl (C=O) groups excluding carboxylic acids is 3. The summed E-state index contributed by atoms with van der Waals surface area (Å²) in [6.07, 6.45) is 0.764. The predicted molar refractivity (Wildman–Crippen MR) is 69.0 cm³/mol. The molecule has 2 amide bonds. The van der Waals surface area contributed by atoms with Crippen LogP contribution in [0.3, 0.4) is 0 Å². The van der Waals surface area contributed by atoms with Crippen LogP contribution in [0.2, 0.25) is 0 Å². The number of anilines is 1. The van der Waals surface area contributed by atoms with Gasteiger partial charge in [-0.15, -0.1) is 11.8 Å². The van der Waals surface area contributed by atoms with Crippen LogP contribution in [0.4, 0.5) is 5.69 Å². The van der Waals surface area contributed by atoms with Crippen molar-refractivity contribution in [3.05, 3.63) is 23.8 Å². The average molecular weight is 264 g/mol. The molecule has 1 heterocycles. The number of hydrogen-bond donors (Lipinski definition) is 1. The second-order valence-corrected chi connectivity index (χ2v) is 4.80. The third kappa shape index (κ3) is 2.38. The summed E-state index contributed by atoms with van der Waals surface area (Å²) in [5, 5.41) is 2.49. The molecule has 0 atom stereocenters. The Bertz CT molecular complexity index is 516. The van der Waals surface area contributed by atoms with E-state index in [4.69, 9.17) is 0 Å². The molecule has 1 aromatic rings. The van der Waals surface area contributed by atoms with Crippen LogP contribution < -0.4 is 10.2 Å². The summed E-state index contributed by atoms with van der Waals surface area (Å²) in [5.41, 5.74) is 1.25. The van der Waals surface area contributed by atoms with Crippen molar-refractivity contribution in [2.75, 3.05) is 24.2 Å². The van der Waals surface area contributed by atoms with E-state index < -0.39 is 0 Å². The Morgan fingerprint density at radius 3 is 3.00 bits per heavy atom. The normalized spacial score (nSPS) is 14.1. The molecule has 5 nitrogen and oxygen atoms in total. The maximum atomic E-state index is 11.8. The zero-order valence-electron chi connectivity index (χ0n) is 9.80. The number of nitrogens with zero attached hydrogens (tertiary/aromatic N) is 1. The van der Waals surface area contributed by atoms with Gasteiger partial charge in [0.2, 0.25) is 11.8 Å². The Morgan fingerprint density at radius 2 is 2.33 bits per heavy atom. The number of likely N-dealkylation sites (N-methyl/N-ethyl adjacent to an activating group) is 1. The molecule has 0 saturated carbocycles. The molecule has 1 aliphatic heterocycles. The maximum absolute atomic E-state index is 11.8. The van der Waals surface area contributed by atoms with Gasteiger partial charge in [-0.3, -0.25) is 14.4 Å². The first-order valence-electron chi connectivity index (χ1n) is 5.38. The minimum Gasteiger partial charge on any atom is -0.358 e. The Hall–Kier alpha value is -1.82. The van der Waals surface area contributed by atoms with E-state index in [2.05, 4.69) is 5.32 Å². The molecule has 1 N–H and O–H groups in total. The first kappa shape index (κ1) is 12.6. The standard InChI is InChI=1S/C12H12N2O3S/c1-13-11(16)5-14-9-3-2-8(6-15)4-10(9)18-7-12(14)17/h2-4,6H,5,7H2,1H3,(H,13,16). The van der Waals surface area contributed by atoms with Crippen LogP contribution in [0, 0.1) is 0 Å². The summed E-state index contributed by atoms with van der Waals surface area (Å²) >= 11 is 1.38. The predicted octanol–water partition coefficient (Wildman–Crippen LogP) is 0.684. The molecule has 6 heteroatoms. The third-order valence-corrected chi connectivity index (χ3v) is 3.67. The van der Waals surface area contributed by atoms with E-state index in [-0.39, 0.29) is 24.1 Å². The molecular formula is C12H12N2O3S. The number of aldehydes is 1. The summed E-state index contributed by atoms with van der Waals surface area (Å²) in [4.78, 5) is 36.2. The summed E-state index contributed by atoms with van der Waals surface area (Å²) in [5.74, 6) is -0.0395. The Kier molecular flexibility index (Phi) is 3.66. The third-order valence-electron chi connectivity index (χ3n) is 2.64. The fourth-order valence-corrected chi connectivity index (χ4v) is 2.67. The van der Waals surface area contributed by atoms with E-state index in [1.54, 1.807) is 18.2 Å². The highest BCUT2D eigenvalue weighted by Crippen LogP contribution is 2.35. The van der Waals surface area contributed by atoms with Crippen LogP contribution in [0.25, 0.3) is 0 Å². The van der Waals surface area contributed by atoms with Gasteiger partial charge in [-0.1, -0.05) is 0 Å². The molecule has 18 heavy (non-hydrogen) atoms. The fourth-order valence-electron chi connectivity index (χ4n) is 1.69. The van der Waals surface area contributed by atoms with E-state index >= 15 is 0 Å². The van der Waals surface area contributed by atoms with Crippen molar-refractivity contribution >= 4 is 35.5 Å². The Balaban J connectivity index is 2.35. The number of amides is 2. The quantitative estimate of drug-likeness (QED) is 0.815. The van der Waals surface area contributed by atoms with Gasteiger partial charge >= 0.3 is 0 Å². The first-order valence-corrected chi connectivity index (χ1v) is 6.37. The average Bonchev–Trinajstić information content (AvgIpc) is 2.41. The van der Waals surface area contributed by atoms with Crippen LogP contribution in [-0.4, -0.2) is 37.4 Å². The zero-order valence-corrected chi connectivity index (χ0v) is 10.6. The first-order chi connectivity index (χ1) is 8.65. The molecule has 0 fully saturated rings. The second kappa shape index (κ2) is 5.22. The Labute approximate surface area is 109 Å². The number of hydrogen-bond acceptors (Lipinski definition) is 4. The number of benzene rings is 1. The lowest BCUT2D eigenvalue weighted by molar-refractivity contribution is -0.122. The molecule has 1 aromatic carbocycles. The number of thioether (sulfide) groups is 1. The highest BCUT2D eigenvalue weighted by molar-refractivity contribution is 8.00. The van der Waals surface area contributed by atoms with Gasteiger partial charge in [0.1, 0.15) is 12.8 Å². The van der Waals surface area contributed by atoms with Gasteiger partial charge in [0.05, 0.1) is 11.4 Å². The van der Waals surface area contributed by atoms with E-state index in [1.165, 1.54) is 23.7 Å². The molecule has 0 unspecified atom stereocenters. The minimum atomic E-state index is -0.222. The lowest BCUT2D eigenvalue weighted by atomic mass is 10.2. The van der Waals surface area contributed by atoms with Crippen molar-refractivity contribution in [1.29, 1.82) is 0 Å². The molecule has 1 aliphatic rings. The van der Waals surface area contributed by atoms with E-state index in [9.17, 15) is 14.4 Å². The topological polar surface area (TPSA) is 66.5 Å². The molecule has 0 aliphatic carbocycles. The highest BCUT2D eigenvalue weighted by atomic mass is 32.2. The Morgan fingerprint density at radius 1 is 1.56 bits per heavy atom. The summed E-state index contributed by atoms with van der Waals surface area (Å²) < 4.78 is 0. The van der Waals surface area contributed by atoms with E-state index in [1.807, 2.05) is 0 Å². The molecule has 0 radical (unpaired) electrons. The number of fused-ring (bicyclic) bond motifs is 1. The van der Waals surface area contributed by atoms with E-state index in [0.29, 0.717) is 11.3 Å². The summed E-state index contributed by atoms with van der Waals surface area (Å²) in [6, 6.07) is 5.07. The van der Waals surface area contributed by atoms with Crippen molar-refractivity contribution in [3.63, 3.8) is 0 Å².